The van der Waals surface area contributed by atoms with Gasteiger partial charge in [0.25, 0.3) is 5.91 Å². The molecule has 0 aliphatic carbocycles. The molecule has 4 rings (SSSR count). The fourth-order valence-corrected chi connectivity index (χ4v) is 3.01. The summed E-state index contributed by atoms with van der Waals surface area (Å²) < 4.78 is 24.5. The summed E-state index contributed by atoms with van der Waals surface area (Å²) in [6.07, 6.45) is 0. The Morgan fingerprint density at radius 3 is 2.50 bits per heavy atom. The second-order valence-corrected chi connectivity index (χ2v) is 6.82. The van der Waals surface area contributed by atoms with Crippen LogP contribution in [0.25, 0.3) is 11.3 Å². The van der Waals surface area contributed by atoms with Crippen molar-refractivity contribution in [3.63, 3.8) is 0 Å². The second kappa shape index (κ2) is 9.21. The maximum absolute atomic E-state index is 14.3. The van der Waals surface area contributed by atoms with E-state index in [4.69, 9.17) is 9.05 Å². The topological polar surface area (TPSA) is 123 Å². The molecule has 10 heteroatoms. The first-order valence-corrected chi connectivity index (χ1v) is 9.65. The SMILES string of the molecule is Cc1nc(C(NC(=O)CNC(=O)c2cc(-c3ccccc3)on2)c2ccccc2F)no1. The first-order chi connectivity index (χ1) is 15.5. The average Bonchev–Trinajstić information content (AvgIpc) is 3.47. The molecule has 0 radical (unpaired) electrons. The molecule has 2 aromatic heterocycles. The number of nitrogens with one attached hydrogen (secondary N) is 2. The molecular weight excluding hydrogens is 417 g/mol. The Balaban J connectivity index is 1.42. The first-order valence-electron chi connectivity index (χ1n) is 9.65. The molecule has 9 nitrogen and oxygen atoms in total. The van der Waals surface area contributed by atoms with Gasteiger partial charge in [-0.25, -0.2) is 4.39 Å². The average molecular weight is 435 g/mol. The van der Waals surface area contributed by atoms with Crippen LogP contribution in [0.3, 0.4) is 0 Å². The number of carbonyl (C=O) groups is 2. The van der Waals surface area contributed by atoms with E-state index < -0.39 is 23.7 Å². The standard InChI is InChI=1S/C22H18FN5O4/c1-13-25-21(28-31-13)20(15-9-5-6-10-16(15)23)26-19(29)12-24-22(30)17-11-18(32-27-17)14-7-3-2-4-8-14/h2-11,20H,12H2,1H3,(H,24,30)(H,26,29). The van der Waals surface area contributed by atoms with E-state index >= 15 is 0 Å². The predicted molar refractivity (Wildman–Crippen MR) is 110 cm³/mol. The third-order valence-corrected chi connectivity index (χ3v) is 4.53. The van der Waals surface area contributed by atoms with Crippen LogP contribution in [0, 0.1) is 12.7 Å². The molecule has 0 bridgehead atoms. The number of hydrogen-bond acceptors (Lipinski definition) is 7. The van der Waals surface area contributed by atoms with Crippen molar-refractivity contribution in [1.82, 2.24) is 25.9 Å². The van der Waals surface area contributed by atoms with Gasteiger partial charge in [-0.15, -0.1) is 0 Å². The Kier molecular flexibility index (Phi) is 6.02. The fraction of sp³-hybridized carbons (Fsp3) is 0.136. The smallest absolute Gasteiger partial charge is 0.273 e. The van der Waals surface area contributed by atoms with Gasteiger partial charge in [0, 0.05) is 24.1 Å². The molecule has 0 spiro atoms. The van der Waals surface area contributed by atoms with Crippen LogP contribution in [0.1, 0.15) is 33.8 Å². The summed E-state index contributed by atoms with van der Waals surface area (Å²) in [5.41, 5.74) is 0.952. The Hall–Kier alpha value is -4.34. The van der Waals surface area contributed by atoms with Crippen molar-refractivity contribution in [2.45, 2.75) is 13.0 Å². The molecule has 2 N–H and O–H groups in total. The highest BCUT2D eigenvalue weighted by Gasteiger charge is 2.25. The number of aromatic nitrogens is 3. The summed E-state index contributed by atoms with van der Waals surface area (Å²) in [6, 6.07) is 15.6. The molecule has 0 saturated heterocycles. The molecule has 4 aromatic rings. The number of amides is 2. The molecule has 2 heterocycles. The molecule has 1 unspecified atom stereocenters. The molecule has 0 saturated carbocycles. The van der Waals surface area contributed by atoms with E-state index in [0.717, 1.165) is 5.56 Å². The molecule has 0 aliphatic rings. The van der Waals surface area contributed by atoms with Crippen molar-refractivity contribution in [1.29, 1.82) is 0 Å². The van der Waals surface area contributed by atoms with Crippen molar-refractivity contribution >= 4 is 11.8 Å². The summed E-state index contributed by atoms with van der Waals surface area (Å²) >= 11 is 0. The maximum atomic E-state index is 14.3. The number of rotatable bonds is 7. The quantitative estimate of drug-likeness (QED) is 0.458. The van der Waals surface area contributed by atoms with Gasteiger partial charge in [-0.1, -0.05) is 58.8 Å². The first kappa shape index (κ1) is 20.9. The van der Waals surface area contributed by atoms with Crippen molar-refractivity contribution in [3.05, 3.63) is 89.5 Å². The maximum Gasteiger partial charge on any atom is 0.273 e. The van der Waals surface area contributed by atoms with E-state index in [1.165, 1.54) is 24.3 Å². The highest BCUT2D eigenvalue weighted by atomic mass is 19.1. The number of nitrogens with zero attached hydrogens (tertiary/aromatic N) is 3. The number of hydrogen-bond donors (Lipinski definition) is 2. The summed E-state index contributed by atoms with van der Waals surface area (Å²) in [6.45, 7) is 1.20. The van der Waals surface area contributed by atoms with Gasteiger partial charge in [0.1, 0.15) is 11.9 Å². The van der Waals surface area contributed by atoms with Crippen molar-refractivity contribution in [3.8, 4) is 11.3 Å². The van der Waals surface area contributed by atoms with Crippen LogP contribution in [0.4, 0.5) is 4.39 Å². The molecule has 2 amide bonds. The lowest BCUT2D eigenvalue weighted by atomic mass is 10.1. The van der Waals surface area contributed by atoms with Gasteiger partial charge in [0.15, 0.2) is 17.3 Å². The largest absolute Gasteiger partial charge is 0.355 e. The van der Waals surface area contributed by atoms with Gasteiger partial charge in [0.05, 0.1) is 6.54 Å². The van der Waals surface area contributed by atoms with Crippen LogP contribution in [-0.4, -0.2) is 33.7 Å². The van der Waals surface area contributed by atoms with Gasteiger partial charge in [-0.05, 0) is 6.07 Å². The number of carbonyl (C=O) groups excluding carboxylic acids is 2. The molecule has 32 heavy (non-hydrogen) atoms. The normalized spacial score (nSPS) is 11.7. The van der Waals surface area contributed by atoms with Crippen LogP contribution < -0.4 is 10.6 Å². The van der Waals surface area contributed by atoms with Gasteiger partial charge >= 0.3 is 0 Å². The van der Waals surface area contributed by atoms with Crippen molar-refractivity contribution in [2.75, 3.05) is 6.54 Å². The lowest BCUT2D eigenvalue weighted by molar-refractivity contribution is -0.120. The van der Waals surface area contributed by atoms with Gasteiger partial charge in [0.2, 0.25) is 11.8 Å². The molecule has 0 fully saturated rings. The number of benzene rings is 2. The number of aryl methyl sites for hydroxylation is 1. The van der Waals surface area contributed by atoms with Crippen LogP contribution in [-0.2, 0) is 4.79 Å². The highest BCUT2D eigenvalue weighted by molar-refractivity contribution is 5.95. The van der Waals surface area contributed by atoms with Gasteiger partial charge in [-0.2, -0.15) is 4.98 Å². The minimum absolute atomic E-state index is 0.0242. The minimum atomic E-state index is -0.991. The van der Waals surface area contributed by atoms with Crippen LogP contribution >= 0.6 is 0 Å². The minimum Gasteiger partial charge on any atom is -0.355 e. The van der Waals surface area contributed by atoms with E-state index in [9.17, 15) is 14.0 Å². The zero-order valence-electron chi connectivity index (χ0n) is 16.9. The second-order valence-electron chi connectivity index (χ2n) is 6.82. The molecular formula is C22H18FN5O4. The van der Waals surface area contributed by atoms with Crippen LogP contribution in [0.5, 0.6) is 0 Å². The zero-order chi connectivity index (χ0) is 22.5. The predicted octanol–water partition coefficient (Wildman–Crippen LogP) is 2.81. The van der Waals surface area contributed by atoms with Gasteiger partial charge < -0.3 is 19.7 Å². The highest BCUT2D eigenvalue weighted by Crippen LogP contribution is 2.22. The monoisotopic (exact) mass is 435 g/mol. The van der Waals surface area contributed by atoms with E-state index in [1.807, 2.05) is 30.3 Å². The van der Waals surface area contributed by atoms with Crippen molar-refractivity contribution in [2.24, 2.45) is 0 Å². The fourth-order valence-electron chi connectivity index (χ4n) is 3.01. The summed E-state index contributed by atoms with van der Waals surface area (Å²) in [7, 11) is 0. The molecule has 162 valence electrons. The van der Waals surface area contributed by atoms with E-state index in [0.29, 0.717) is 5.76 Å². The van der Waals surface area contributed by atoms with E-state index in [2.05, 4.69) is 25.9 Å². The Morgan fingerprint density at radius 1 is 1.03 bits per heavy atom. The molecule has 0 aliphatic heterocycles. The zero-order valence-corrected chi connectivity index (χ0v) is 16.9. The Bertz CT molecular complexity index is 1240. The number of halogens is 1. The summed E-state index contributed by atoms with van der Waals surface area (Å²) in [5.74, 6) is -0.933. The van der Waals surface area contributed by atoms with Crippen LogP contribution in [0.15, 0.2) is 69.7 Å². The van der Waals surface area contributed by atoms with Crippen LogP contribution in [0.2, 0.25) is 0 Å². The summed E-state index contributed by atoms with van der Waals surface area (Å²) in [4.78, 5) is 29.0. The molecule has 1 atom stereocenters. The molecule has 2 aromatic carbocycles. The van der Waals surface area contributed by atoms with E-state index in [1.54, 1.807) is 13.0 Å². The van der Waals surface area contributed by atoms with Crippen molar-refractivity contribution < 1.29 is 23.0 Å². The van der Waals surface area contributed by atoms with E-state index in [-0.39, 0.29) is 29.5 Å². The van der Waals surface area contributed by atoms with Gasteiger partial charge in [-0.3, -0.25) is 9.59 Å². The third kappa shape index (κ3) is 4.69. The Labute approximate surface area is 181 Å². The summed E-state index contributed by atoms with van der Waals surface area (Å²) in [5, 5.41) is 12.6. The lowest BCUT2D eigenvalue weighted by Crippen LogP contribution is -2.39. The Morgan fingerprint density at radius 2 is 1.78 bits per heavy atom. The third-order valence-electron chi connectivity index (χ3n) is 4.53. The lowest BCUT2D eigenvalue weighted by Gasteiger charge is -2.16.